The lowest BCUT2D eigenvalue weighted by Gasteiger charge is -2.42. The van der Waals surface area contributed by atoms with Crippen molar-refractivity contribution in [2.24, 2.45) is 17.8 Å². The Balaban J connectivity index is 1.59. The van der Waals surface area contributed by atoms with Gasteiger partial charge in [0.05, 0.1) is 29.2 Å². The fourth-order valence-electron chi connectivity index (χ4n) is 7.96. The van der Waals surface area contributed by atoms with E-state index in [1.807, 2.05) is 65.6 Å². The summed E-state index contributed by atoms with van der Waals surface area (Å²) in [5, 5.41) is 10.8. The summed E-state index contributed by atoms with van der Waals surface area (Å²) >= 11 is 1.68. The minimum absolute atomic E-state index is 0.0303. The van der Waals surface area contributed by atoms with Crippen molar-refractivity contribution in [3.63, 3.8) is 0 Å². The largest absolute Gasteiger partial charge is 0.394 e. The van der Waals surface area contributed by atoms with Gasteiger partial charge < -0.3 is 19.8 Å². The number of nitrogens with zero attached hydrogens (tertiary/aromatic N) is 3. The first-order valence-electron chi connectivity index (χ1n) is 16.3. The lowest BCUT2D eigenvalue weighted by Crippen LogP contribution is -2.58. The molecule has 3 amide bonds. The Labute approximate surface area is 272 Å². The second-order valence-corrected chi connectivity index (χ2v) is 14.2. The Morgan fingerprint density at radius 3 is 2.29 bits per heavy atom. The molecular formula is C37H47N3O4S. The van der Waals surface area contributed by atoms with Crippen LogP contribution in [0.15, 0.2) is 86.0 Å². The van der Waals surface area contributed by atoms with Crippen LogP contribution in [0.4, 0.5) is 0 Å². The minimum Gasteiger partial charge on any atom is -0.394 e. The van der Waals surface area contributed by atoms with Gasteiger partial charge in [0.25, 0.3) is 0 Å². The molecule has 3 aliphatic heterocycles. The highest BCUT2D eigenvalue weighted by Crippen LogP contribution is 2.69. The van der Waals surface area contributed by atoms with Crippen molar-refractivity contribution >= 4 is 29.5 Å². The van der Waals surface area contributed by atoms with Crippen LogP contribution in [0, 0.1) is 17.8 Å². The molecule has 5 rings (SSSR count). The molecule has 3 aliphatic rings. The van der Waals surface area contributed by atoms with Gasteiger partial charge in [-0.15, -0.1) is 24.9 Å². The molecule has 3 saturated heterocycles. The van der Waals surface area contributed by atoms with Gasteiger partial charge in [0.1, 0.15) is 6.04 Å². The van der Waals surface area contributed by atoms with E-state index >= 15 is 0 Å². The number of likely N-dealkylation sites (tertiary alicyclic amines) is 1. The third-order valence-electron chi connectivity index (χ3n) is 9.97. The molecule has 7 nitrogen and oxygen atoms in total. The summed E-state index contributed by atoms with van der Waals surface area (Å²) in [6.45, 7) is 13.5. The lowest BCUT2D eigenvalue weighted by atomic mass is 9.65. The Bertz CT molecular complexity index is 1370. The summed E-state index contributed by atoms with van der Waals surface area (Å²) in [7, 11) is 0. The summed E-state index contributed by atoms with van der Waals surface area (Å²) in [6.07, 6.45) is 7.11. The first kappa shape index (κ1) is 33.0. The van der Waals surface area contributed by atoms with Crippen molar-refractivity contribution < 1.29 is 19.5 Å². The molecule has 2 aromatic rings. The predicted octanol–water partition coefficient (Wildman–Crippen LogP) is 5.48. The van der Waals surface area contributed by atoms with Crippen molar-refractivity contribution in [3.05, 3.63) is 97.1 Å². The smallest absolute Gasteiger partial charge is 0.247 e. The van der Waals surface area contributed by atoms with Gasteiger partial charge in [0, 0.05) is 31.4 Å². The zero-order chi connectivity index (χ0) is 32.1. The predicted molar refractivity (Wildman–Crippen MR) is 180 cm³/mol. The average molecular weight is 630 g/mol. The maximum absolute atomic E-state index is 14.9. The van der Waals surface area contributed by atoms with Crippen LogP contribution >= 0.6 is 11.8 Å². The molecule has 7 atom stereocenters. The van der Waals surface area contributed by atoms with Gasteiger partial charge in [0.15, 0.2) is 0 Å². The molecule has 45 heavy (non-hydrogen) atoms. The Morgan fingerprint density at radius 2 is 1.67 bits per heavy atom. The van der Waals surface area contributed by atoms with Crippen molar-refractivity contribution in [1.82, 2.24) is 14.7 Å². The maximum atomic E-state index is 14.9. The van der Waals surface area contributed by atoms with Crippen LogP contribution in [-0.2, 0) is 20.9 Å². The Kier molecular flexibility index (Phi) is 10.6. The van der Waals surface area contributed by atoms with E-state index in [4.69, 9.17) is 0 Å². The zero-order valence-electron chi connectivity index (χ0n) is 26.6. The highest BCUT2D eigenvalue weighted by molar-refractivity contribution is 8.02. The molecule has 1 N–H and O–H groups in total. The standard InChI is InChI=1S/C37H47N3O4S/c1-5-8-15-22-38(20-6-2)36(44)33-37-26(4)23-30(45-37)31(34(42)39(21-7-3)24-27-16-11-9-12-17-27)32(37)35(43)40(33)29(25-41)28-18-13-10-14-19-28/h6-7,9-14,16-19,26,29-33,41H,2-3,5,8,15,20-25H2,1,4H3/t26?,29-,30-,31+,32+,33?,37?/m1/s1. The van der Waals surface area contributed by atoms with E-state index in [0.717, 1.165) is 36.8 Å². The molecule has 3 fully saturated rings. The molecule has 2 bridgehead atoms. The van der Waals surface area contributed by atoms with Crippen LogP contribution in [0.1, 0.15) is 56.7 Å². The van der Waals surface area contributed by atoms with E-state index in [2.05, 4.69) is 27.0 Å². The number of rotatable bonds is 15. The van der Waals surface area contributed by atoms with Crippen molar-refractivity contribution in [1.29, 1.82) is 0 Å². The number of amides is 3. The first-order valence-corrected chi connectivity index (χ1v) is 17.2. The number of benzene rings is 2. The lowest BCUT2D eigenvalue weighted by molar-refractivity contribution is -0.147. The minimum atomic E-state index is -0.807. The highest BCUT2D eigenvalue weighted by atomic mass is 32.2. The normalized spacial score (nSPS) is 27.2. The molecule has 3 heterocycles. The topological polar surface area (TPSA) is 81.2 Å². The van der Waals surface area contributed by atoms with Crippen LogP contribution in [0.5, 0.6) is 0 Å². The van der Waals surface area contributed by atoms with Gasteiger partial charge >= 0.3 is 0 Å². The molecule has 1 spiro atoms. The monoisotopic (exact) mass is 629 g/mol. The number of carbonyl (C=O) groups is 3. The fourth-order valence-corrected chi connectivity index (χ4v) is 10.4. The number of aliphatic hydroxyl groups excluding tert-OH is 1. The van der Waals surface area contributed by atoms with E-state index in [0.29, 0.717) is 26.2 Å². The number of unbranched alkanes of at least 4 members (excludes halogenated alkanes) is 2. The number of fused-ring (bicyclic) bond motifs is 1. The molecular weight excluding hydrogens is 582 g/mol. The van der Waals surface area contributed by atoms with Crippen LogP contribution in [0.25, 0.3) is 0 Å². The molecule has 0 saturated carbocycles. The Hall–Kier alpha value is -3.36. The summed E-state index contributed by atoms with van der Waals surface area (Å²) in [4.78, 5) is 49.6. The van der Waals surface area contributed by atoms with Crippen molar-refractivity contribution in [2.75, 3.05) is 26.2 Å². The van der Waals surface area contributed by atoms with E-state index in [1.54, 1.807) is 33.7 Å². The van der Waals surface area contributed by atoms with Crippen LogP contribution < -0.4 is 0 Å². The molecule has 8 heteroatoms. The second kappa shape index (κ2) is 14.4. The van der Waals surface area contributed by atoms with Gasteiger partial charge in [-0.3, -0.25) is 14.4 Å². The molecule has 3 unspecified atom stereocenters. The third kappa shape index (κ3) is 5.99. The Morgan fingerprint density at radius 1 is 1.02 bits per heavy atom. The average Bonchev–Trinajstić information content (AvgIpc) is 3.65. The number of hydrogen-bond donors (Lipinski definition) is 1. The summed E-state index contributed by atoms with van der Waals surface area (Å²) in [6, 6.07) is 17.8. The third-order valence-corrected chi connectivity index (χ3v) is 12.0. The highest BCUT2D eigenvalue weighted by Gasteiger charge is 2.77. The molecule has 240 valence electrons. The zero-order valence-corrected chi connectivity index (χ0v) is 27.4. The van der Waals surface area contributed by atoms with Gasteiger partial charge in [0.2, 0.25) is 17.7 Å². The van der Waals surface area contributed by atoms with E-state index in [-0.39, 0.29) is 35.5 Å². The number of aliphatic hydroxyl groups is 1. The number of carbonyl (C=O) groups excluding carboxylic acids is 3. The first-order chi connectivity index (χ1) is 21.8. The maximum Gasteiger partial charge on any atom is 0.247 e. The molecule has 0 radical (unpaired) electrons. The summed E-state index contributed by atoms with van der Waals surface area (Å²) < 4.78 is -0.780. The quantitative estimate of drug-likeness (QED) is 0.209. The van der Waals surface area contributed by atoms with E-state index in [9.17, 15) is 19.5 Å². The van der Waals surface area contributed by atoms with E-state index in [1.165, 1.54) is 0 Å². The van der Waals surface area contributed by atoms with Gasteiger partial charge in [-0.2, -0.15) is 0 Å². The molecule has 2 aromatic carbocycles. The van der Waals surface area contributed by atoms with Gasteiger partial charge in [-0.05, 0) is 29.9 Å². The SMILES string of the molecule is C=CCN(CCCCC)C(=O)C1N([C@H](CO)c2ccccc2)C(=O)[C@@H]2[C@@H](C(=O)N(CC=C)Cc3ccccc3)[C@H]3CC(C)C12S3. The van der Waals surface area contributed by atoms with Crippen LogP contribution in [0.2, 0.25) is 0 Å². The van der Waals surface area contributed by atoms with Crippen LogP contribution in [-0.4, -0.2) is 79.8 Å². The van der Waals surface area contributed by atoms with Gasteiger partial charge in [-0.1, -0.05) is 99.5 Å². The van der Waals surface area contributed by atoms with Gasteiger partial charge in [-0.25, -0.2) is 0 Å². The van der Waals surface area contributed by atoms with E-state index < -0.39 is 28.7 Å². The number of hydrogen-bond acceptors (Lipinski definition) is 5. The number of thioether (sulfide) groups is 1. The van der Waals surface area contributed by atoms with Crippen molar-refractivity contribution in [2.45, 2.75) is 68.2 Å². The molecule has 0 aromatic heterocycles. The van der Waals surface area contributed by atoms with Crippen molar-refractivity contribution in [3.8, 4) is 0 Å². The molecule has 0 aliphatic carbocycles. The summed E-state index contributed by atoms with van der Waals surface area (Å²) in [5.41, 5.74) is 1.78. The fraction of sp³-hybridized carbons (Fsp3) is 0.486. The summed E-state index contributed by atoms with van der Waals surface area (Å²) in [5.74, 6) is -1.59. The van der Waals surface area contributed by atoms with Crippen LogP contribution in [0.3, 0.4) is 0 Å². The second-order valence-electron chi connectivity index (χ2n) is 12.7.